The maximum atomic E-state index is 5.23. The summed E-state index contributed by atoms with van der Waals surface area (Å²) in [6, 6.07) is 11.4. The third-order valence-electron chi connectivity index (χ3n) is 3.81. The molecule has 1 saturated heterocycles. The molecule has 0 bridgehead atoms. The molecule has 1 fully saturated rings. The minimum atomic E-state index is 0.358. The van der Waals surface area contributed by atoms with Gasteiger partial charge in [0, 0.05) is 25.2 Å². The summed E-state index contributed by atoms with van der Waals surface area (Å²) in [7, 11) is 0. The number of nitrogens with one attached hydrogen (secondary N) is 1. The van der Waals surface area contributed by atoms with Crippen molar-refractivity contribution in [3.05, 3.63) is 47.6 Å². The zero-order chi connectivity index (χ0) is 13.9. The number of nitrogens with zero attached hydrogens (tertiary/aromatic N) is 3. The van der Waals surface area contributed by atoms with Gasteiger partial charge in [0.25, 0.3) is 0 Å². The van der Waals surface area contributed by atoms with Crippen LogP contribution in [0.1, 0.15) is 30.2 Å². The minimum absolute atomic E-state index is 0.358. The van der Waals surface area contributed by atoms with Gasteiger partial charge in [-0.1, -0.05) is 35.5 Å². The van der Waals surface area contributed by atoms with Crippen molar-refractivity contribution >= 4 is 0 Å². The summed E-state index contributed by atoms with van der Waals surface area (Å²) in [5.41, 5.74) is 1.33. The van der Waals surface area contributed by atoms with E-state index >= 15 is 0 Å². The third-order valence-corrected chi connectivity index (χ3v) is 3.81. The van der Waals surface area contributed by atoms with E-state index in [4.69, 9.17) is 4.52 Å². The molecule has 1 N–H and O–H groups in total. The average Bonchev–Trinajstić information content (AvgIpc) is 2.88. The zero-order valence-electron chi connectivity index (χ0n) is 11.9. The molecule has 1 aromatic carbocycles. The van der Waals surface area contributed by atoms with Crippen molar-refractivity contribution < 1.29 is 4.52 Å². The summed E-state index contributed by atoms with van der Waals surface area (Å²) in [5, 5.41) is 7.45. The van der Waals surface area contributed by atoms with E-state index in [1.54, 1.807) is 0 Å². The Kier molecular flexibility index (Phi) is 3.80. The molecule has 2 unspecified atom stereocenters. The second-order valence-corrected chi connectivity index (χ2v) is 5.39. The largest absolute Gasteiger partial charge is 0.338 e. The van der Waals surface area contributed by atoms with Crippen molar-refractivity contribution in [1.29, 1.82) is 0 Å². The number of aromatic nitrogens is 2. The average molecular weight is 272 g/mol. The molecule has 1 aliphatic heterocycles. The molecular formula is C15H20N4O. The van der Waals surface area contributed by atoms with E-state index in [0.717, 1.165) is 13.1 Å². The zero-order valence-corrected chi connectivity index (χ0v) is 11.9. The SMILES string of the molecule is Cc1noc(CN2CC(c3ccccc3)NCC2C)n1. The van der Waals surface area contributed by atoms with Crippen molar-refractivity contribution in [3.63, 3.8) is 0 Å². The monoisotopic (exact) mass is 272 g/mol. The van der Waals surface area contributed by atoms with Crippen LogP contribution in [0.5, 0.6) is 0 Å². The highest BCUT2D eigenvalue weighted by Crippen LogP contribution is 2.21. The van der Waals surface area contributed by atoms with Crippen LogP contribution in [0.15, 0.2) is 34.9 Å². The van der Waals surface area contributed by atoms with Gasteiger partial charge in [0.15, 0.2) is 5.82 Å². The second kappa shape index (κ2) is 5.73. The summed E-state index contributed by atoms with van der Waals surface area (Å²) in [5.74, 6) is 1.39. The van der Waals surface area contributed by atoms with Gasteiger partial charge >= 0.3 is 0 Å². The maximum absolute atomic E-state index is 5.23. The van der Waals surface area contributed by atoms with Crippen LogP contribution in [0.4, 0.5) is 0 Å². The fourth-order valence-corrected chi connectivity index (χ4v) is 2.63. The predicted molar refractivity (Wildman–Crippen MR) is 76.1 cm³/mol. The van der Waals surface area contributed by atoms with E-state index in [-0.39, 0.29) is 0 Å². The number of hydrogen-bond acceptors (Lipinski definition) is 5. The van der Waals surface area contributed by atoms with E-state index in [1.807, 2.05) is 13.0 Å². The van der Waals surface area contributed by atoms with Crippen LogP contribution in [0.2, 0.25) is 0 Å². The Balaban J connectivity index is 1.70. The fourth-order valence-electron chi connectivity index (χ4n) is 2.63. The molecule has 1 aromatic heterocycles. The number of benzene rings is 1. The van der Waals surface area contributed by atoms with E-state index < -0.39 is 0 Å². The van der Waals surface area contributed by atoms with Gasteiger partial charge in [-0.25, -0.2) is 0 Å². The van der Waals surface area contributed by atoms with Crippen LogP contribution >= 0.6 is 0 Å². The summed E-state index contributed by atoms with van der Waals surface area (Å²) >= 11 is 0. The van der Waals surface area contributed by atoms with Gasteiger partial charge < -0.3 is 9.84 Å². The van der Waals surface area contributed by atoms with Crippen LogP contribution in [0.25, 0.3) is 0 Å². The van der Waals surface area contributed by atoms with Crippen molar-refractivity contribution in [2.75, 3.05) is 13.1 Å². The van der Waals surface area contributed by atoms with Gasteiger partial charge in [0.05, 0.1) is 6.54 Å². The lowest BCUT2D eigenvalue weighted by molar-refractivity contribution is 0.118. The summed E-state index contributed by atoms with van der Waals surface area (Å²) < 4.78 is 5.23. The van der Waals surface area contributed by atoms with Crippen LogP contribution in [0.3, 0.4) is 0 Å². The molecule has 20 heavy (non-hydrogen) atoms. The first-order valence-electron chi connectivity index (χ1n) is 7.04. The normalized spacial score (nSPS) is 23.9. The molecule has 0 spiro atoms. The molecule has 2 atom stereocenters. The molecule has 2 heterocycles. The van der Waals surface area contributed by atoms with Gasteiger partial charge in [0.2, 0.25) is 5.89 Å². The highest BCUT2D eigenvalue weighted by Gasteiger charge is 2.27. The Bertz CT molecular complexity index is 554. The van der Waals surface area contributed by atoms with E-state index in [0.29, 0.717) is 30.3 Å². The fraction of sp³-hybridized carbons (Fsp3) is 0.467. The first-order valence-corrected chi connectivity index (χ1v) is 7.04. The van der Waals surface area contributed by atoms with Crippen LogP contribution in [-0.2, 0) is 6.54 Å². The first-order chi connectivity index (χ1) is 9.72. The van der Waals surface area contributed by atoms with Crippen LogP contribution in [0, 0.1) is 6.92 Å². The second-order valence-electron chi connectivity index (χ2n) is 5.39. The quantitative estimate of drug-likeness (QED) is 0.925. The van der Waals surface area contributed by atoms with Crippen molar-refractivity contribution in [2.45, 2.75) is 32.5 Å². The predicted octanol–water partition coefficient (Wildman–Crippen LogP) is 1.91. The standard InChI is InChI=1S/C15H20N4O/c1-11-8-16-14(13-6-4-3-5-7-13)9-19(11)10-15-17-12(2)18-20-15/h3-7,11,14,16H,8-10H2,1-2H3. The van der Waals surface area contributed by atoms with Crippen molar-refractivity contribution in [1.82, 2.24) is 20.4 Å². The number of aryl methyl sites for hydroxylation is 1. The van der Waals surface area contributed by atoms with Crippen molar-refractivity contribution in [3.8, 4) is 0 Å². The Morgan fingerprint density at radius 1 is 1.35 bits per heavy atom. The molecule has 106 valence electrons. The Labute approximate surface area is 119 Å². The maximum Gasteiger partial charge on any atom is 0.240 e. The van der Waals surface area contributed by atoms with Gasteiger partial charge in [-0.2, -0.15) is 4.98 Å². The molecule has 0 aliphatic carbocycles. The Morgan fingerprint density at radius 2 is 2.15 bits per heavy atom. The lowest BCUT2D eigenvalue weighted by atomic mass is 10.0. The third kappa shape index (κ3) is 2.89. The van der Waals surface area contributed by atoms with E-state index in [2.05, 4.69) is 51.5 Å². The summed E-state index contributed by atoms with van der Waals surface area (Å²) in [6.07, 6.45) is 0. The van der Waals surface area contributed by atoms with Crippen molar-refractivity contribution in [2.24, 2.45) is 0 Å². The lowest BCUT2D eigenvalue weighted by Gasteiger charge is -2.38. The molecule has 0 radical (unpaired) electrons. The summed E-state index contributed by atoms with van der Waals surface area (Å²) in [6.45, 7) is 6.70. The molecule has 0 amide bonds. The molecule has 2 aromatic rings. The first kappa shape index (κ1) is 13.3. The summed E-state index contributed by atoms with van der Waals surface area (Å²) in [4.78, 5) is 6.69. The Morgan fingerprint density at radius 3 is 2.85 bits per heavy atom. The van der Waals surface area contributed by atoms with E-state index in [1.165, 1.54) is 5.56 Å². The molecule has 1 aliphatic rings. The highest BCUT2D eigenvalue weighted by atomic mass is 16.5. The molecule has 5 heteroatoms. The number of rotatable bonds is 3. The van der Waals surface area contributed by atoms with Gasteiger partial charge in [-0.05, 0) is 19.4 Å². The minimum Gasteiger partial charge on any atom is -0.338 e. The number of piperazine rings is 1. The molecule has 0 saturated carbocycles. The number of hydrogen-bond donors (Lipinski definition) is 1. The van der Waals surface area contributed by atoms with Gasteiger partial charge in [0.1, 0.15) is 0 Å². The van der Waals surface area contributed by atoms with Gasteiger partial charge in [-0.3, -0.25) is 4.90 Å². The highest BCUT2D eigenvalue weighted by molar-refractivity contribution is 5.20. The topological polar surface area (TPSA) is 54.2 Å². The Hall–Kier alpha value is -1.72. The molecule has 3 rings (SSSR count). The smallest absolute Gasteiger partial charge is 0.240 e. The van der Waals surface area contributed by atoms with Crippen LogP contribution in [-0.4, -0.2) is 34.2 Å². The molecule has 5 nitrogen and oxygen atoms in total. The molecular weight excluding hydrogens is 252 g/mol. The van der Waals surface area contributed by atoms with E-state index in [9.17, 15) is 0 Å². The lowest BCUT2D eigenvalue weighted by Crippen LogP contribution is -2.50. The van der Waals surface area contributed by atoms with Crippen LogP contribution < -0.4 is 5.32 Å². The van der Waals surface area contributed by atoms with Gasteiger partial charge in [-0.15, -0.1) is 0 Å².